The highest BCUT2D eigenvalue weighted by Gasteiger charge is 2.16. The van der Waals surface area contributed by atoms with E-state index in [-0.39, 0.29) is 0 Å². The maximum Gasteiger partial charge on any atom is 0.0704 e. The van der Waals surface area contributed by atoms with Crippen LogP contribution in [0.15, 0.2) is 0 Å². The van der Waals surface area contributed by atoms with Crippen molar-refractivity contribution in [3.63, 3.8) is 0 Å². The van der Waals surface area contributed by atoms with Crippen LogP contribution in [-0.4, -0.2) is 449 Å². The third-order valence-electron chi connectivity index (χ3n) is 15.9. The number of ether oxygens (including phenoxy) is 34. The molecule has 0 aromatic rings. The molecule has 0 amide bonds. The first-order chi connectivity index (χ1) is 55.9. The van der Waals surface area contributed by atoms with Crippen molar-refractivity contribution in [1.29, 1.82) is 0 Å². The minimum atomic E-state index is 0.433. The molecule has 0 radical (unpaired) electrons. The maximum atomic E-state index is 5.77. The standard InChI is InChI=1S/C78H154O34/c1-2-6-77(5-1)9-10-79-11-12-80-13-14-81-15-16-82-17-18-83-19-20-84-21-22-85-23-24-86-25-26-87-27-28-88-29-30-89-31-32-90-33-34-91-35-36-92-37-38-93-39-40-94-41-42-95-43-44-96-45-46-97-47-48-98-49-50-99-51-52-100-53-54-101-55-56-102-57-58-103-59-60-104-61-62-105-63-64-106-65-66-107-67-68-108-69-70-109-71-72-110-73-74-111-75-76-112-78-7-3-4-8-78/h77-78H,1-76H2. The molecule has 2 rings (SSSR count). The van der Waals surface area contributed by atoms with Crippen molar-refractivity contribution in [2.24, 2.45) is 5.92 Å². The van der Waals surface area contributed by atoms with Crippen molar-refractivity contribution in [1.82, 2.24) is 0 Å². The van der Waals surface area contributed by atoms with Crippen LogP contribution < -0.4 is 0 Å². The Morgan fingerprint density at radius 2 is 0.205 bits per heavy atom. The van der Waals surface area contributed by atoms with E-state index < -0.39 is 0 Å². The molecule has 0 aromatic carbocycles. The molecule has 0 spiro atoms. The van der Waals surface area contributed by atoms with Crippen molar-refractivity contribution in [3.8, 4) is 0 Å². The van der Waals surface area contributed by atoms with E-state index in [0.717, 1.165) is 12.5 Å². The van der Waals surface area contributed by atoms with Crippen molar-refractivity contribution in [3.05, 3.63) is 0 Å². The predicted octanol–water partition coefficient (Wildman–Crippen LogP) is 4.07. The Hall–Kier alpha value is -1.36. The average Bonchev–Trinajstić information content (AvgIpc) is 1.87. The Morgan fingerprint density at radius 3 is 0.330 bits per heavy atom. The summed E-state index contributed by atoms with van der Waals surface area (Å²) in [5.41, 5.74) is 0. The Bertz CT molecular complexity index is 1560. The van der Waals surface area contributed by atoms with Crippen molar-refractivity contribution < 1.29 is 161 Å². The zero-order valence-electron chi connectivity index (χ0n) is 68.8. The molecule has 0 aromatic heterocycles. The second-order valence-corrected chi connectivity index (χ2v) is 24.9. The van der Waals surface area contributed by atoms with E-state index in [4.69, 9.17) is 161 Å². The largest absolute Gasteiger partial charge is 0.379 e. The van der Waals surface area contributed by atoms with Gasteiger partial charge in [-0.05, 0) is 25.2 Å². The zero-order chi connectivity index (χ0) is 78.9. The van der Waals surface area contributed by atoms with Crippen molar-refractivity contribution in [2.75, 3.05) is 443 Å². The van der Waals surface area contributed by atoms with Gasteiger partial charge in [0.2, 0.25) is 0 Å². The van der Waals surface area contributed by atoms with Gasteiger partial charge in [-0.15, -0.1) is 0 Å². The van der Waals surface area contributed by atoms with Gasteiger partial charge in [-0.3, -0.25) is 0 Å². The second kappa shape index (κ2) is 98.5. The molecule has 2 saturated carbocycles. The topological polar surface area (TPSA) is 314 Å². The lowest BCUT2D eigenvalue weighted by Gasteiger charge is -2.11. The molecule has 0 saturated heterocycles. The summed E-state index contributed by atoms with van der Waals surface area (Å²) in [5.74, 6) is 0.870. The van der Waals surface area contributed by atoms with Crippen LogP contribution in [0.25, 0.3) is 0 Å². The molecule has 0 atom stereocenters. The average molecular weight is 1640 g/mol. The van der Waals surface area contributed by atoms with Gasteiger partial charge in [0, 0.05) is 6.61 Å². The second-order valence-electron chi connectivity index (χ2n) is 24.9. The number of hydrogen-bond donors (Lipinski definition) is 0. The van der Waals surface area contributed by atoms with Gasteiger partial charge in [0.25, 0.3) is 0 Å². The van der Waals surface area contributed by atoms with Gasteiger partial charge in [0.1, 0.15) is 0 Å². The van der Waals surface area contributed by atoms with Crippen LogP contribution in [0.2, 0.25) is 0 Å². The van der Waals surface area contributed by atoms with Crippen LogP contribution >= 0.6 is 0 Å². The lowest BCUT2D eigenvalue weighted by molar-refractivity contribution is -0.0328. The summed E-state index contributed by atoms with van der Waals surface area (Å²) in [4.78, 5) is 0. The summed E-state index contributed by atoms with van der Waals surface area (Å²) in [5, 5.41) is 0. The quantitative estimate of drug-likeness (QED) is 0.0775. The molecule has 0 N–H and O–H groups in total. The summed E-state index contributed by atoms with van der Waals surface area (Å²) >= 11 is 0. The SMILES string of the molecule is C1CCC(CCOCCOCCOCCOCCOCCOCCOCCOCCOCCOCCOCCOCCOCCOCCOCCOCCOCCOCCOCCOCCOCCOCCOCCOCCOCCOCCOCCOCCOCCOCCOCCOCCOCCOC2CCCC2)C1. The number of hydrogen-bond acceptors (Lipinski definition) is 34. The molecule has 0 aliphatic heterocycles. The minimum Gasteiger partial charge on any atom is -0.379 e. The smallest absolute Gasteiger partial charge is 0.0704 e. The molecular formula is C78H154O34. The highest BCUT2D eigenvalue weighted by Crippen LogP contribution is 2.27. The van der Waals surface area contributed by atoms with Crippen LogP contribution in [0.4, 0.5) is 0 Å². The number of rotatable bonds is 103. The van der Waals surface area contributed by atoms with Crippen molar-refractivity contribution >= 4 is 0 Å². The fraction of sp³-hybridized carbons (Fsp3) is 1.00. The molecule has 34 nitrogen and oxygen atoms in total. The lowest BCUT2D eigenvalue weighted by atomic mass is 10.1. The van der Waals surface area contributed by atoms with Gasteiger partial charge in [0.05, 0.1) is 442 Å². The molecule has 2 fully saturated rings. The van der Waals surface area contributed by atoms with Gasteiger partial charge in [-0.25, -0.2) is 0 Å². The molecule has 0 heterocycles. The van der Waals surface area contributed by atoms with Gasteiger partial charge >= 0.3 is 0 Å². The Labute approximate surface area is 671 Å². The molecule has 112 heavy (non-hydrogen) atoms. The fourth-order valence-corrected chi connectivity index (χ4v) is 10.0. The van der Waals surface area contributed by atoms with E-state index in [1.807, 2.05) is 0 Å². The first kappa shape index (κ1) is 107. The first-order valence-electron chi connectivity index (χ1n) is 41.6. The van der Waals surface area contributed by atoms with Crippen LogP contribution in [0, 0.1) is 5.92 Å². The van der Waals surface area contributed by atoms with Crippen LogP contribution in [-0.2, 0) is 161 Å². The summed E-state index contributed by atoms with van der Waals surface area (Å²) in [6.07, 6.45) is 12.0. The summed E-state index contributed by atoms with van der Waals surface area (Å²) in [7, 11) is 0. The molecule has 0 unspecified atom stereocenters. The van der Waals surface area contributed by atoms with Gasteiger partial charge < -0.3 is 161 Å². The summed E-state index contributed by atoms with van der Waals surface area (Å²) in [6.45, 7) is 34.1. The van der Waals surface area contributed by atoms with Crippen LogP contribution in [0.3, 0.4) is 0 Å². The third-order valence-corrected chi connectivity index (χ3v) is 15.9. The lowest BCUT2D eigenvalue weighted by Crippen LogP contribution is -2.16. The van der Waals surface area contributed by atoms with E-state index in [1.54, 1.807) is 0 Å². The third kappa shape index (κ3) is 91.0. The van der Waals surface area contributed by atoms with Crippen LogP contribution in [0.1, 0.15) is 57.8 Å². The summed E-state index contributed by atoms with van der Waals surface area (Å²) < 4.78 is 189. The van der Waals surface area contributed by atoms with Crippen LogP contribution in [0.5, 0.6) is 0 Å². The normalized spacial score (nSPS) is 13.6. The van der Waals surface area contributed by atoms with E-state index in [0.29, 0.717) is 442 Å². The fourth-order valence-electron chi connectivity index (χ4n) is 10.0. The van der Waals surface area contributed by atoms with Gasteiger partial charge in [-0.1, -0.05) is 38.5 Å². The van der Waals surface area contributed by atoms with E-state index in [9.17, 15) is 0 Å². The van der Waals surface area contributed by atoms with E-state index in [2.05, 4.69) is 0 Å². The Balaban J connectivity index is 1.07. The first-order valence-corrected chi connectivity index (χ1v) is 41.6. The zero-order valence-corrected chi connectivity index (χ0v) is 68.8. The monoisotopic (exact) mass is 1640 g/mol. The minimum absolute atomic E-state index is 0.433. The predicted molar refractivity (Wildman–Crippen MR) is 412 cm³/mol. The molecular weight excluding hydrogens is 1480 g/mol. The molecule has 34 heteroatoms. The maximum absolute atomic E-state index is 5.77. The molecule has 0 bridgehead atoms. The molecule has 670 valence electrons. The highest BCUT2D eigenvalue weighted by molar-refractivity contribution is 4.67. The van der Waals surface area contributed by atoms with E-state index in [1.165, 1.54) is 57.8 Å². The Morgan fingerprint density at radius 1 is 0.107 bits per heavy atom. The van der Waals surface area contributed by atoms with Gasteiger partial charge in [0.15, 0.2) is 0 Å². The van der Waals surface area contributed by atoms with Crippen molar-refractivity contribution in [2.45, 2.75) is 63.9 Å². The molecule has 2 aliphatic carbocycles. The Kier molecular flexibility index (Phi) is 93.8. The molecule has 2 aliphatic rings. The summed E-state index contributed by atoms with van der Waals surface area (Å²) in [6, 6.07) is 0. The highest BCUT2D eigenvalue weighted by atomic mass is 16.6. The van der Waals surface area contributed by atoms with Gasteiger partial charge in [-0.2, -0.15) is 0 Å². The van der Waals surface area contributed by atoms with E-state index >= 15 is 0 Å².